The third-order valence-corrected chi connectivity index (χ3v) is 2.30. The first-order chi connectivity index (χ1) is 4.81. The van der Waals surface area contributed by atoms with E-state index in [2.05, 4.69) is 13.5 Å². The summed E-state index contributed by atoms with van der Waals surface area (Å²) in [6, 6.07) is 0. The second kappa shape index (κ2) is 7.16. The number of rotatable bonds is 6. The molecule has 60 valence electrons. The molecule has 0 heterocycles. The van der Waals surface area contributed by atoms with Crippen LogP contribution in [0.2, 0.25) is 0 Å². The van der Waals surface area contributed by atoms with Crippen LogP contribution in [0.25, 0.3) is 0 Å². The molecule has 2 heteroatoms. The molecular weight excluding hydrogens is 144 g/mol. The molecule has 0 radical (unpaired) electrons. The average Bonchev–Trinajstić information content (AvgIpc) is 1.98. The van der Waals surface area contributed by atoms with Crippen LogP contribution in [0, 0.1) is 0 Å². The van der Waals surface area contributed by atoms with Crippen molar-refractivity contribution in [1.29, 1.82) is 0 Å². The predicted octanol–water partition coefficient (Wildman–Crippen LogP) is 2.07. The summed E-state index contributed by atoms with van der Waals surface area (Å²) in [5.41, 5.74) is 1.31. The Morgan fingerprint density at radius 1 is 1.50 bits per heavy atom. The summed E-state index contributed by atoms with van der Waals surface area (Å²) in [4.78, 5) is 0. The Kier molecular flexibility index (Phi) is 7.20. The van der Waals surface area contributed by atoms with Gasteiger partial charge in [0.1, 0.15) is 0 Å². The van der Waals surface area contributed by atoms with Gasteiger partial charge in [0.2, 0.25) is 0 Å². The summed E-state index contributed by atoms with van der Waals surface area (Å²) in [6.45, 7) is 6.31. The van der Waals surface area contributed by atoms with Gasteiger partial charge in [-0.15, -0.1) is 0 Å². The maximum Gasteiger partial charge on any atom is 0.0521 e. The molecule has 1 N–H and O–H groups in total. The smallest absolute Gasteiger partial charge is 0.0521 e. The van der Waals surface area contributed by atoms with Crippen LogP contribution in [0.1, 0.15) is 19.8 Å². The Morgan fingerprint density at radius 3 is 2.70 bits per heavy atom. The average molecular weight is 160 g/mol. The molecule has 0 atom stereocenters. The second-order valence-corrected chi connectivity index (χ2v) is 3.41. The normalized spacial score (nSPS) is 9.80. The van der Waals surface area contributed by atoms with Gasteiger partial charge in [0.25, 0.3) is 0 Å². The van der Waals surface area contributed by atoms with Gasteiger partial charge in [0, 0.05) is 5.75 Å². The van der Waals surface area contributed by atoms with E-state index in [4.69, 9.17) is 5.11 Å². The Balaban J connectivity index is 2.96. The molecule has 0 aromatic heterocycles. The summed E-state index contributed by atoms with van der Waals surface area (Å²) >= 11 is 1.79. The van der Waals surface area contributed by atoms with Crippen LogP contribution in [-0.4, -0.2) is 23.2 Å². The van der Waals surface area contributed by atoms with Crippen LogP contribution in [0.15, 0.2) is 12.2 Å². The number of aliphatic hydroxyl groups excluding tert-OH is 1. The summed E-state index contributed by atoms with van der Waals surface area (Å²) in [5, 5.41) is 8.45. The molecule has 10 heavy (non-hydrogen) atoms. The van der Waals surface area contributed by atoms with Gasteiger partial charge in [-0.2, -0.15) is 11.8 Å². The lowest BCUT2D eigenvalue weighted by atomic mass is 10.2. The van der Waals surface area contributed by atoms with Crippen LogP contribution in [0.4, 0.5) is 0 Å². The van der Waals surface area contributed by atoms with Gasteiger partial charge in [-0.1, -0.05) is 19.1 Å². The third-order valence-electron chi connectivity index (χ3n) is 1.34. The largest absolute Gasteiger partial charge is 0.396 e. The van der Waals surface area contributed by atoms with Crippen molar-refractivity contribution < 1.29 is 5.11 Å². The fourth-order valence-corrected chi connectivity index (χ4v) is 1.33. The Morgan fingerprint density at radius 2 is 2.20 bits per heavy atom. The highest BCUT2D eigenvalue weighted by Gasteiger charge is 1.90. The summed E-state index contributed by atoms with van der Waals surface area (Å²) < 4.78 is 0. The van der Waals surface area contributed by atoms with Crippen LogP contribution in [-0.2, 0) is 0 Å². The quantitative estimate of drug-likeness (QED) is 0.474. The number of thioether (sulfide) groups is 1. The first-order valence-corrected chi connectivity index (χ1v) is 4.82. The van der Waals surface area contributed by atoms with E-state index in [9.17, 15) is 0 Å². The van der Waals surface area contributed by atoms with Gasteiger partial charge in [-0.05, 0) is 18.6 Å². The SMILES string of the molecule is C=C(CC)CCSCCO. The molecule has 0 aromatic rings. The standard InChI is InChI=1S/C8H16OS/c1-3-8(2)4-6-10-7-5-9/h9H,2-7H2,1H3. The van der Waals surface area contributed by atoms with E-state index in [1.165, 1.54) is 5.57 Å². The van der Waals surface area contributed by atoms with E-state index in [-0.39, 0.29) is 0 Å². The molecule has 0 aliphatic heterocycles. The van der Waals surface area contributed by atoms with Crippen molar-refractivity contribution in [2.45, 2.75) is 19.8 Å². The van der Waals surface area contributed by atoms with Crippen molar-refractivity contribution in [3.63, 3.8) is 0 Å². The summed E-state index contributed by atoms with van der Waals surface area (Å²) in [7, 11) is 0. The van der Waals surface area contributed by atoms with Crippen LogP contribution in [0.3, 0.4) is 0 Å². The lowest BCUT2D eigenvalue weighted by Crippen LogP contribution is -1.89. The van der Waals surface area contributed by atoms with Crippen molar-refractivity contribution in [2.24, 2.45) is 0 Å². The van der Waals surface area contributed by atoms with Gasteiger partial charge < -0.3 is 5.11 Å². The van der Waals surface area contributed by atoms with E-state index >= 15 is 0 Å². The Labute approximate surface area is 67.5 Å². The van der Waals surface area contributed by atoms with Gasteiger partial charge in [0.15, 0.2) is 0 Å². The minimum Gasteiger partial charge on any atom is -0.396 e. The minimum absolute atomic E-state index is 0.295. The number of hydrogen-bond acceptors (Lipinski definition) is 2. The topological polar surface area (TPSA) is 20.2 Å². The summed E-state index contributed by atoms with van der Waals surface area (Å²) in [6.07, 6.45) is 2.18. The number of hydrogen-bond donors (Lipinski definition) is 1. The fourth-order valence-electron chi connectivity index (χ4n) is 0.560. The highest BCUT2D eigenvalue weighted by atomic mass is 32.2. The van der Waals surface area contributed by atoms with Gasteiger partial charge in [0.05, 0.1) is 6.61 Å². The molecule has 0 unspecified atom stereocenters. The molecule has 0 amide bonds. The van der Waals surface area contributed by atoms with E-state index in [0.29, 0.717) is 6.61 Å². The third kappa shape index (κ3) is 6.17. The van der Waals surface area contributed by atoms with Gasteiger partial charge >= 0.3 is 0 Å². The molecule has 0 aliphatic carbocycles. The van der Waals surface area contributed by atoms with E-state index in [1.54, 1.807) is 11.8 Å². The van der Waals surface area contributed by atoms with Crippen molar-refractivity contribution in [3.8, 4) is 0 Å². The number of aliphatic hydroxyl groups is 1. The van der Waals surface area contributed by atoms with Crippen LogP contribution >= 0.6 is 11.8 Å². The van der Waals surface area contributed by atoms with Crippen molar-refractivity contribution in [3.05, 3.63) is 12.2 Å². The van der Waals surface area contributed by atoms with E-state index in [0.717, 1.165) is 24.3 Å². The zero-order valence-corrected chi connectivity index (χ0v) is 7.41. The van der Waals surface area contributed by atoms with Crippen LogP contribution < -0.4 is 0 Å². The highest BCUT2D eigenvalue weighted by Crippen LogP contribution is 2.08. The lowest BCUT2D eigenvalue weighted by Gasteiger charge is -2.00. The number of allylic oxidation sites excluding steroid dienone is 1. The van der Waals surface area contributed by atoms with Gasteiger partial charge in [-0.25, -0.2) is 0 Å². The van der Waals surface area contributed by atoms with E-state index < -0.39 is 0 Å². The van der Waals surface area contributed by atoms with Gasteiger partial charge in [-0.3, -0.25) is 0 Å². The molecule has 1 nitrogen and oxygen atoms in total. The monoisotopic (exact) mass is 160 g/mol. The molecule has 0 aliphatic rings. The molecule has 0 aromatic carbocycles. The Bertz CT molecular complexity index is 91.3. The van der Waals surface area contributed by atoms with Crippen molar-refractivity contribution in [2.75, 3.05) is 18.1 Å². The molecule has 0 saturated carbocycles. The second-order valence-electron chi connectivity index (χ2n) is 2.19. The molecule has 0 spiro atoms. The first kappa shape index (κ1) is 10.0. The van der Waals surface area contributed by atoms with Crippen molar-refractivity contribution in [1.82, 2.24) is 0 Å². The molecule has 0 rings (SSSR count). The highest BCUT2D eigenvalue weighted by molar-refractivity contribution is 7.99. The minimum atomic E-state index is 0.295. The predicted molar refractivity (Wildman–Crippen MR) is 48.5 cm³/mol. The zero-order valence-electron chi connectivity index (χ0n) is 6.60. The van der Waals surface area contributed by atoms with E-state index in [1.807, 2.05) is 0 Å². The zero-order chi connectivity index (χ0) is 7.82. The van der Waals surface area contributed by atoms with Crippen LogP contribution in [0.5, 0.6) is 0 Å². The first-order valence-electron chi connectivity index (χ1n) is 3.66. The molecule has 0 fully saturated rings. The molecule has 0 saturated heterocycles. The molecule has 0 bridgehead atoms. The fraction of sp³-hybridized carbons (Fsp3) is 0.750. The maximum absolute atomic E-state index is 8.45. The van der Waals surface area contributed by atoms with Crippen molar-refractivity contribution >= 4 is 11.8 Å². The Hall–Kier alpha value is 0.0500. The maximum atomic E-state index is 8.45. The lowest BCUT2D eigenvalue weighted by molar-refractivity contribution is 0.322. The molecular formula is C8H16OS. The summed E-state index contributed by atoms with van der Waals surface area (Å²) in [5.74, 6) is 1.96.